The van der Waals surface area contributed by atoms with Gasteiger partial charge in [-0.05, 0) is 49.4 Å². The van der Waals surface area contributed by atoms with E-state index in [0.717, 1.165) is 17.8 Å². The predicted octanol–water partition coefficient (Wildman–Crippen LogP) is 3.28. The largest absolute Gasteiger partial charge is 0.303 e. The van der Waals surface area contributed by atoms with Crippen molar-refractivity contribution in [1.82, 2.24) is 0 Å². The van der Waals surface area contributed by atoms with Gasteiger partial charge >= 0.3 is 0 Å². The first-order valence-electron chi connectivity index (χ1n) is 6.17. The molecular weight excluding hydrogens is 172 g/mol. The fourth-order valence-electron chi connectivity index (χ4n) is 3.64. The summed E-state index contributed by atoms with van der Waals surface area (Å²) in [4.78, 5) is 11.1. The van der Waals surface area contributed by atoms with Crippen LogP contribution in [-0.4, -0.2) is 6.29 Å². The quantitative estimate of drug-likeness (QED) is 0.585. The Kier molecular flexibility index (Phi) is 2.94. The number of hydrogen-bond donors (Lipinski definition) is 0. The summed E-state index contributed by atoms with van der Waals surface area (Å²) in [5, 5.41) is 0. The van der Waals surface area contributed by atoms with Crippen LogP contribution in [0.3, 0.4) is 0 Å². The summed E-state index contributed by atoms with van der Waals surface area (Å²) in [7, 11) is 0. The first-order chi connectivity index (χ1) is 6.72. The van der Waals surface area contributed by atoms with Crippen molar-refractivity contribution in [2.24, 2.45) is 29.6 Å². The summed E-state index contributed by atoms with van der Waals surface area (Å²) in [6.07, 6.45) is 7.98. The second kappa shape index (κ2) is 4.04. The lowest BCUT2D eigenvalue weighted by Crippen LogP contribution is -2.38. The van der Waals surface area contributed by atoms with Crippen molar-refractivity contribution in [2.45, 2.75) is 46.0 Å². The third-order valence-electron chi connectivity index (χ3n) is 4.61. The maximum atomic E-state index is 11.1. The smallest absolute Gasteiger partial charge is 0.123 e. The molecule has 2 aliphatic rings. The van der Waals surface area contributed by atoms with Gasteiger partial charge in [-0.25, -0.2) is 0 Å². The van der Waals surface area contributed by atoms with Gasteiger partial charge in [-0.15, -0.1) is 0 Å². The summed E-state index contributed by atoms with van der Waals surface area (Å²) in [6.45, 7) is 4.60. The summed E-state index contributed by atoms with van der Waals surface area (Å²) < 4.78 is 0. The van der Waals surface area contributed by atoms with Crippen LogP contribution in [-0.2, 0) is 4.79 Å². The average molecular weight is 194 g/mol. The number of aldehydes is 1. The van der Waals surface area contributed by atoms with Crippen LogP contribution in [0.4, 0.5) is 0 Å². The van der Waals surface area contributed by atoms with Crippen molar-refractivity contribution in [1.29, 1.82) is 0 Å². The van der Waals surface area contributed by atoms with Crippen LogP contribution < -0.4 is 0 Å². The molecule has 0 heterocycles. The lowest BCUT2D eigenvalue weighted by atomic mass is 9.60. The highest BCUT2D eigenvalue weighted by Crippen LogP contribution is 2.46. The van der Waals surface area contributed by atoms with E-state index in [1.807, 2.05) is 0 Å². The molecule has 2 aliphatic carbocycles. The molecule has 1 heteroatoms. The zero-order valence-corrected chi connectivity index (χ0v) is 9.41. The highest BCUT2D eigenvalue weighted by atomic mass is 16.1. The molecule has 0 aromatic rings. The fourth-order valence-corrected chi connectivity index (χ4v) is 3.64. The van der Waals surface area contributed by atoms with Gasteiger partial charge in [0.15, 0.2) is 0 Å². The molecule has 0 N–H and O–H groups in total. The van der Waals surface area contributed by atoms with E-state index in [2.05, 4.69) is 13.8 Å². The topological polar surface area (TPSA) is 17.1 Å². The van der Waals surface area contributed by atoms with Crippen molar-refractivity contribution in [3.63, 3.8) is 0 Å². The maximum Gasteiger partial charge on any atom is 0.123 e. The molecule has 0 spiro atoms. The molecule has 1 nitrogen and oxygen atoms in total. The molecule has 0 saturated heterocycles. The van der Waals surface area contributed by atoms with Crippen molar-refractivity contribution >= 4 is 6.29 Å². The first kappa shape index (κ1) is 10.2. The van der Waals surface area contributed by atoms with Gasteiger partial charge in [0, 0.05) is 5.92 Å². The van der Waals surface area contributed by atoms with Gasteiger partial charge in [-0.3, -0.25) is 0 Å². The molecule has 2 fully saturated rings. The molecule has 2 saturated carbocycles. The Hall–Kier alpha value is -0.330. The van der Waals surface area contributed by atoms with Gasteiger partial charge in [0.2, 0.25) is 0 Å². The Morgan fingerprint density at radius 3 is 2.50 bits per heavy atom. The molecule has 0 radical (unpaired) electrons. The Balaban J connectivity index is 2.10. The van der Waals surface area contributed by atoms with Crippen molar-refractivity contribution in [3.05, 3.63) is 0 Å². The molecular formula is C13H22O. The molecule has 5 atom stereocenters. The second-order valence-corrected chi connectivity index (χ2v) is 5.61. The number of rotatable bonds is 1. The van der Waals surface area contributed by atoms with Crippen molar-refractivity contribution < 1.29 is 4.79 Å². The van der Waals surface area contributed by atoms with Crippen LogP contribution in [0.15, 0.2) is 0 Å². The van der Waals surface area contributed by atoms with Crippen LogP contribution in [0, 0.1) is 29.6 Å². The standard InChI is InChI=1S/C13H22O/c1-9-3-5-11-6-4-10(2)13(8-14)12(11)7-9/h8-13H,3-7H2,1-2H3. The first-order valence-corrected chi connectivity index (χ1v) is 6.17. The molecule has 0 bridgehead atoms. The Labute approximate surface area is 87.3 Å². The Bertz CT molecular complexity index is 209. The molecule has 2 rings (SSSR count). The van der Waals surface area contributed by atoms with E-state index >= 15 is 0 Å². The molecule has 0 aliphatic heterocycles. The zero-order chi connectivity index (χ0) is 10.1. The van der Waals surface area contributed by atoms with Crippen LogP contribution in [0.2, 0.25) is 0 Å². The predicted molar refractivity (Wildman–Crippen MR) is 57.9 cm³/mol. The minimum atomic E-state index is 0.372. The van der Waals surface area contributed by atoms with Crippen molar-refractivity contribution in [3.8, 4) is 0 Å². The Morgan fingerprint density at radius 2 is 1.79 bits per heavy atom. The Morgan fingerprint density at radius 1 is 1.07 bits per heavy atom. The third kappa shape index (κ3) is 1.74. The van der Waals surface area contributed by atoms with Crippen molar-refractivity contribution in [2.75, 3.05) is 0 Å². The summed E-state index contributed by atoms with van der Waals surface area (Å²) in [6, 6.07) is 0. The summed E-state index contributed by atoms with van der Waals surface area (Å²) in [5.41, 5.74) is 0. The highest BCUT2D eigenvalue weighted by molar-refractivity contribution is 5.55. The minimum absolute atomic E-state index is 0.372. The third-order valence-corrected chi connectivity index (χ3v) is 4.61. The lowest BCUT2D eigenvalue weighted by Gasteiger charge is -2.44. The van der Waals surface area contributed by atoms with E-state index in [0.29, 0.717) is 11.8 Å². The van der Waals surface area contributed by atoms with Gasteiger partial charge in [-0.2, -0.15) is 0 Å². The number of hydrogen-bond acceptors (Lipinski definition) is 1. The highest BCUT2D eigenvalue weighted by Gasteiger charge is 2.39. The summed E-state index contributed by atoms with van der Waals surface area (Å²) >= 11 is 0. The fraction of sp³-hybridized carbons (Fsp3) is 0.923. The molecule has 0 aromatic heterocycles. The van der Waals surface area contributed by atoms with Crippen LogP contribution in [0.25, 0.3) is 0 Å². The number of fused-ring (bicyclic) bond motifs is 1. The van der Waals surface area contributed by atoms with Crippen LogP contribution in [0.1, 0.15) is 46.0 Å². The van der Waals surface area contributed by atoms with Gasteiger partial charge in [0.25, 0.3) is 0 Å². The SMILES string of the molecule is CC1CCC2CCC(C)C(C=O)C2C1. The van der Waals surface area contributed by atoms with Gasteiger partial charge in [0.05, 0.1) is 0 Å². The maximum absolute atomic E-state index is 11.1. The van der Waals surface area contributed by atoms with E-state index in [9.17, 15) is 4.79 Å². The van der Waals surface area contributed by atoms with Crippen LogP contribution in [0.5, 0.6) is 0 Å². The van der Waals surface area contributed by atoms with E-state index in [1.54, 1.807) is 0 Å². The number of carbonyl (C=O) groups excluding carboxylic acids is 1. The van der Waals surface area contributed by atoms with E-state index in [-0.39, 0.29) is 0 Å². The van der Waals surface area contributed by atoms with Gasteiger partial charge in [-0.1, -0.05) is 20.3 Å². The second-order valence-electron chi connectivity index (χ2n) is 5.61. The minimum Gasteiger partial charge on any atom is -0.303 e. The monoisotopic (exact) mass is 194 g/mol. The van der Waals surface area contributed by atoms with E-state index in [4.69, 9.17) is 0 Å². The van der Waals surface area contributed by atoms with Crippen LogP contribution >= 0.6 is 0 Å². The van der Waals surface area contributed by atoms with E-state index < -0.39 is 0 Å². The lowest BCUT2D eigenvalue weighted by molar-refractivity contribution is -0.117. The van der Waals surface area contributed by atoms with E-state index in [1.165, 1.54) is 38.4 Å². The summed E-state index contributed by atoms with van der Waals surface area (Å²) in [5.74, 6) is 3.46. The normalized spacial score (nSPS) is 48.3. The van der Waals surface area contributed by atoms with Gasteiger partial charge < -0.3 is 4.79 Å². The molecule has 0 aromatic carbocycles. The molecule has 5 unspecified atom stereocenters. The van der Waals surface area contributed by atoms with Gasteiger partial charge in [0.1, 0.15) is 6.29 Å². The molecule has 0 amide bonds. The average Bonchev–Trinajstić information content (AvgIpc) is 2.17. The zero-order valence-electron chi connectivity index (χ0n) is 9.41. The molecule has 80 valence electrons. The number of carbonyl (C=O) groups is 1. The molecule has 14 heavy (non-hydrogen) atoms.